The lowest BCUT2D eigenvalue weighted by Crippen LogP contribution is -2.32. The molecule has 4 heteroatoms. The first-order chi connectivity index (χ1) is 13.7. The van der Waals surface area contributed by atoms with Crippen LogP contribution in [-0.4, -0.2) is 13.0 Å². The van der Waals surface area contributed by atoms with Crippen LogP contribution in [0.4, 0.5) is 10.1 Å². The lowest BCUT2D eigenvalue weighted by molar-refractivity contribution is -0.120. The smallest absolute Gasteiger partial charge is 0.231 e. The Labute approximate surface area is 164 Å². The van der Waals surface area contributed by atoms with E-state index in [1.165, 1.54) is 12.1 Å². The molecular weight excluding hydrogens is 353 g/mol. The fraction of sp³-hybridized carbons (Fsp3) is 0.208. The Morgan fingerprint density at radius 3 is 2.32 bits per heavy atom. The third kappa shape index (κ3) is 3.91. The van der Waals surface area contributed by atoms with E-state index >= 15 is 0 Å². The van der Waals surface area contributed by atoms with Gasteiger partial charge in [0.2, 0.25) is 5.91 Å². The molecule has 4 rings (SSSR count). The lowest BCUT2D eigenvalue weighted by Gasteiger charge is -2.24. The molecule has 28 heavy (non-hydrogen) atoms. The highest BCUT2D eigenvalue weighted by Gasteiger charge is 2.46. The fourth-order valence-corrected chi connectivity index (χ4v) is 3.57. The molecule has 0 N–H and O–H groups in total. The van der Waals surface area contributed by atoms with Gasteiger partial charge in [0.1, 0.15) is 11.6 Å². The van der Waals surface area contributed by atoms with E-state index in [0.717, 1.165) is 29.0 Å². The first-order valence-electron chi connectivity index (χ1n) is 9.40. The van der Waals surface area contributed by atoms with Crippen LogP contribution in [0.3, 0.4) is 0 Å². The molecule has 0 saturated heterocycles. The molecule has 1 saturated carbocycles. The Kier molecular flexibility index (Phi) is 5.11. The largest absolute Gasteiger partial charge is 0.497 e. The zero-order valence-corrected chi connectivity index (χ0v) is 15.7. The van der Waals surface area contributed by atoms with Crippen LogP contribution in [0, 0.1) is 11.7 Å². The molecule has 0 aliphatic heterocycles. The van der Waals surface area contributed by atoms with E-state index in [1.807, 2.05) is 59.5 Å². The van der Waals surface area contributed by atoms with Crippen LogP contribution in [0.2, 0.25) is 0 Å². The third-order valence-corrected chi connectivity index (χ3v) is 5.24. The fourth-order valence-electron chi connectivity index (χ4n) is 3.57. The Morgan fingerprint density at radius 2 is 1.68 bits per heavy atom. The second-order valence-electron chi connectivity index (χ2n) is 7.11. The van der Waals surface area contributed by atoms with Crippen molar-refractivity contribution >= 4 is 11.6 Å². The van der Waals surface area contributed by atoms with Crippen LogP contribution < -0.4 is 9.64 Å². The molecule has 0 radical (unpaired) electrons. The summed E-state index contributed by atoms with van der Waals surface area (Å²) in [5.74, 6) is 0.687. The van der Waals surface area contributed by atoms with Gasteiger partial charge >= 0.3 is 0 Å². The highest BCUT2D eigenvalue weighted by Crippen LogP contribution is 2.49. The zero-order chi connectivity index (χ0) is 19.5. The molecule has 3 nitrogen and oxygen atoms in total. The summed E-state index contributed by atoms with van der Waals surface area (Å²) < 4.78 is 18.4. The van der Waals surface area contributed by atoms with Crippen LogP contribution in [-0.2, 0) is 11.3 Å². The maximum absolute atomic E-state index is 13.3. The van der Waals surface area contributed by atoms with E-state index < -0.39 is 0 Å². The van der Waals surface area contributed by atoms with Crippen molar-refractivity contribution in [2.75, 3.05) is 12.0 Å². The van der Waals surface area contributed by atoms with Crippen LogP contribution in [0.25, 0.3) is 0 Å². The van der Waals surface area contributed by atoms with Crippen molar-refractivity contribution in [1.29, 1.82) is 0 Å². The average molecular weight is 375 g/mol. The second-order valence-corrected chi connectivity index (χ2v) is 7.11. The summed E-state index contributed by atoms with van der Waals surface area (Å²) in [5, 5.41) is 0. The third-order valence-electron chi connectivity index (χ3n) is 5.24. The van der Waals surface area contributed by atoms with Gasteiger partial charge in [-0.2, -0.15) is 0 Å². The predicted octanol–water partition coefficient (Wildman–Crippen LogP) is 5.17. The van der Waals surface area contributed by atoms with Crippen LogP contribution in [0.1, 0.15) is 23.5 Å². The lowest BCUT2D eigenvalue weighted by atomic mass is 10.1. The minimum absolute atomic E-state index is 0.0729. The Hall–Kier alpha value is -3.14. The number of benzene rings is 3. The normalized spacial score (nSPS) is 17.8. The minimum Gasteiger partial charge on any atom is -0.497 e. The number of methoxy groups -OCH3 is 1. The van der Waals surface area contributed by atoms with Gasteiger partial charge in [-0.15, -0.1) is 0 Å². The van der Waals surface area contributed by atoms with E-state index in [2.05, 4.69) is 0 Å². The van der Waals surface area contributed by atoms with E-state index in [-0.39, 0.29) is 23.6 Å². The molecule has 3 aromatic carbocycles. The van der Waals surface area contributed by atoms with Crippen LogP contribution in [0.15, 0.2) is 78.9 Å². The molecule has 2 atom stereocenters. The van der Waals surface area contributed by atoms with Crippen molar-refractivity contribution in [3.63, 3.8) is 0 Å². The number of carbonyl (C=O) groups is 1. The number of anilines is 1. The van der Waals surface area contributed by atoms with E-state index in [0.29, 0.717) is 6.54 Å². The van der Waals surface area contributed by atoms with Crippen molar-refractivity contribution in [3.05, 3.63) is 95.8 Å². The number of hydrogen-bond donors (Lipinski definition) is 0. The van der Waals surface area contributed by atoms with Gasteiger partial charge in [-0.05, 0) is 59.9 Å². The van der Waals surface area contributed by atoms with Crippen LogP contribution in [0.5, 0.6) is 5.75 Å². The van der Waals surface area contributed by atoms with Crippen molar-refractivity contribution in [2.45, 2.75) is 18.9 Å². The summed E-state index contributed by atoms with van der Waals surface area (Å²) in [5.41, 5.74) is 2.94. The molecule has 3 aromatic rings. The number of carbonyl (C=O) groups excluding carboxylic acids is 1. The summed E-state index contributed by atoms with van der Waals surface area (Å²) in [4.78, 5) is 15.2. The number of hydrogen-bond acceptors (Lipinski definition) is 2. The molecule has 142 valence electrons. The Morgan fingerprint density at radius 1 is 1.00 bits per heavy atom. The second kappa shape index (κ2) is 7.85. The number of rotatable bonds is 6. The molecule has 1 fully saturated rings. The topological polar surface area (TPSA) is 29.5 Å². The number of amides is 1. The highest BCUT2D eigenvalue weighted by molar-refractivity contribution is 5.97. The van der Waals surface area contributed by atoms with Crippen molar-refractivity contribution < 1.29 is 13.9 Å². The van der Waals surface area contributed by atoms with E-state index in [4.69, 9.17) is 4.74 Å². The van der Waals surface area contributed by atoms with Gasteiger partial charge in [-0.25, -0.2) is 4.39 Å². The quantitative estimate of drug-likeness (QED) is 0.595. The van der Waals surface area contributed by atoms with Crippen LogP contribution >= 0.6 is 0 Å². The standard InChI is InChI=1S/C24H22FNO2/c1-28-21-13-11-20(12-14-21)26(16-17-5-3-2-4-6-17)24(27)23-15-22(23)18-7-9-19(25)10-8-18/h2-14,22-23H,15-16H2,1H3. The SMILES string of the molecule is COc1ccc(N(Cc2ccccc2)C(=O)C2CC2c2ccc(F)cc2)cc1. The van der Waals surface area contributed by atoms with E-state index in [9.17, 15) is 9.18 Å². The van der Waals surface area contributed by atoms with Crippen molar-refractivity contribution in [1.82, 2.24) is 0 Å². The highest BCUT2D eigenvalue weighted by atomic mass is 19.1. The summed E-state index contributed by atoms with van der Waals surface area (Å²) in [6.45, 7) is 0.513. The van der Waals surface area contributed by atoms with Gasteiger partial charge in [-0.3, -0.25) is 4.79 Å². The maximum Gasteiger partial charge on any atom is 0.231 e. The Balaban J connectivity index is 1.57. The Bertz CT molecular complexity index is 939. The molecule has 0 heterocycles. The van der Waals surface area contributed by atoms with Gasteiger partial charge in [0.25, 0.3) is 0 Å². The molecule has 0 aromatic heterocycles. The van der Waals surface area contributed by atoms with Gasteiger partial charge in [0, 0.05) is 11.6 Å². The molecular formula is C24H22FNO2. The summed E-state index contributed by atoms with van der Waals surface area (Å²) in [7, 11) is 1.62. The van der Waals surface area contributed by atoms with Gasteiger partial charge in [0.05, 0.1) is 13.7 Å². The zero-order valence-electron chi connectivity index (χ0n) is 15.7. The van der Waals surface area contributed by atoms with Gasteiger partial charge in [-0.1, -0.05) is 42.5 Å². The average Bonchev–Trinajstić information content (AvgIpc) is 3.54. The predicted molar refractivity (Wildman–Crippen MR) is 108 cm³/mol. The first-order valence-corrected chi connectivity index (χ1v) is 9.40. The first kappa shape index (κ1) is 18.2. The minimum atomic E-state index is -0.254. The molecule has 1 aliphatic rings. The molecule has 1 amide bonds. The number of halogens is 1. The van der Waals surface area contributed by atoms with E-state index in [1.54, 1.807) is 19.2 Å². The number of nitrogens with zero attached hydrogens (tertiary/aromatic N) is 1. The molecule has 1 aliphatic carbocycles. The number of ether oxygens (including phenoxy) is 1. The van der Waals surface area contributed by atoms with Crippen molar-refractivity contribution in [3.8, 4) is 5.75 Å². The summed E-state index contributed by atoms with van der Waals surface area (Å²) in [6, 6.07) is 24.0. The molecule has 0 spiro atoms. The summed E-state index contributed by atoms with van der Waals surface area (Å²) in [6.07, 6.45) is 0.798. The van der Waals surface area contributed by atoms with Gasteiger partial charge < -0.3 is 9.64 Å². The van der Waals surface area contributed by atoms with Gasteiger partial charge in [0.15, 0.2) is 0 Å². The summed E-state index contributed by atoms with van der Waals surface area (Å²) >= 11 is 0. The maximum atomic E-state index is 13.3. The molecule has 2 unspecified atom stereocenters. The molecule has 0 bridgehead atoms. The monoisotopic (exact) mass is 375 g/mol. The van der Waals surface area contributed by atoms with Crippen molar-refractivity contribution in [2.24, 2.45) is 5.92 Å².